The van der Waals surface area contributed by atoms with Crippen LogP contribution in [0.3, 0.4) is 0 Å². The topological polar surface area (TPSA) is 21.3 Å². The van der Waals surface area contributed by atoms with Crippen molar-refractivity contribution in [2.75, 3.05) is 13.2 Å². The molecule has 1 aromatic carbocycles. The van der Waals surface area contributed by atoms with E-state index in [0.29, 0.717) is 24.4 Å². The molecule has 0 aliphatic carbocycles. The number of ether oxygens (including phenoxy) is 1. The van der Waals surface area contributed by atoms with Gasteiger partial charge < -0.3 is 10.1 Å². The molecule has 0 fully saturated rings. The van der Waals surface area contributed by atoms with Gasteiger partial charge in [-0.1, -0.05) is 58.5 Å². The normalized spacial score (nSPS) is 11.3. The van der Waals surface area contributed by atoms with Gasteiger partial charge in [0.1, 0.15) is 12.4 Å². The SMILES string of the molecule is C=CCOc1ccccc1CNCC(C(C)C)C(C)C. The summed E-state index contributed by atoms with van der Waals surface area (Å²) in [6.07, 6.45) is 1.78. The first-order valence-corrected chi connectivity index (χ1v) is 7.58. The molecule has 0 aromatic heterocycles. The molecule has 0 amide bonds. The van der Waals surface area contributed by atoms with Crippen LogP contribution in [0.15, 0.2) is 36.9 Å². The van der Waals surface area contributed by atoms with Gasteiger partial charge in [-0.15, -0.1) is 0 Å². The number of para-hydroxylation sites is 1. The van der Waals surface area contributed by atoms with Gasteiger partial charge in [0.25, 0.3) is 0 Å². The van der Waals surface area contributed by atoms with Crippen LogP contribution in [-0.2, 0) is 6.54 Å². The molecule has 0 heterocycles. The lowest BCUT2D eigenvalue weighted by atomic mass is 9.85. The Labute approximate surface area is 124 Å². The first-order valence-electron chi connectivity index (χ1n) is 7.58. The van der Waals surface area contributed by atoms with Gasteiger partial charge in [0.2, 0.25) is 0 Å². The van der Waals surface area contributed by atoms with Crippen LogP contribution in [0.4, 0.5) is 0 Å². The van der Waals surface area contributed by atoms with Crippen LogP contribution in [0, 0.1) is 17.8 Å². The third-order valence-corrected chi connectivity index (χ3v) is 3.74. The molecule has 0 saturated carbocycles. The molecule has 0 aliphatic rings. The van der Waals surface area contributed by atoms with Crippen molar-refractivity contribution in [2.45, 2.75) is 34.2 Å². The molecule has 0 saturated heterocycles. The predicted octanol–water partition coefficient (Wildman–Crippen LogP) is 4.27. The number of hydrogen-bond acceptors (Lipinski definition) is 2. The Kier molecular flexibility index (Phi) is 7.38. The van der Waals surface area contributed by atoms with Crippen molar-refractivity contribution >= 4 is 0 Å². The van der Waals surface area contributed by atoms with Crippen molar-refractivity contribution in [1.82, 2.24) is 5.32 Å². The van der Waals surface area contributed by atoms with E-state index in [1.54, 1.807) is 6.08 Å². The average molecular weight is 275 g/mol. The van der Waals surface area contributed by atoms with E-state index in [1.165, 1.54) is 5.56 Å². The monoisotopic (exact) mass is 275 g/mol. The van der Waals surface area contributed by atoms with E-state index in [2.05, 4.69) is 51.7 Å². The maximum Gasteiger partial charge on any atom is 0.124 e. The largest absolute Gasteiger partial charge is 0.489 e. The summed E-state index contributed by atoms with van der Waals surface area (Å²) < 4.78 is 5.68. The second kappa shape index (κ2) is 8.80. The molecule has 1 rings (SSSR count). The van der Waals surface area contributed by atoms with Crippen LogP contribution >= 0.6 is 0 Å². The summed E-state index contributed by atoms with van der Waals surface area (Å²) in [5.74, 6) is 3.06. The molecule has 1 aromatic rings. The van der Waals surface area contributed by atoms with Crippen LogP contribution in [0.25, 0.3) is 0 Å². The molecule has 112 valence electrons. The summed E-state index contributed by atoms with van der Waals surface area (Å²) in [5.41, 5.74) is 1.21. The van der Waals surface area contributed by atoms with Crippen molar-refractivity contribution in [3.05, 3.63) is 42.5 Å². The minimum Gasteiger partial charge on any atom is -0.489 e. The van der Waals surface area contributed by atoms with Gasteiger partial charge in [0.05, 0.1) is 0 Å². The summed E-state index contributed by atoms with van der Waals surface area (Å²) in [6.45, 7) is 15.3. The minimum absolute atomic E-state index is 0.553. The zero-order valence-corrected chi connectivity index (χ0v) is 13.4. The number of rotatable bonds is 9. The van der Waals surface area contributed by atoms with Crippen LogP contribution in [0.5, 0.6) is 5.75 Å². The molecule has 2 heteroatoms. The van der Waals surface area contributed by atoms with Gasteiger partial charge in [-0.05, 0) is 30.4 Å². The molecule has 0 radical (unpaired) electrons. The number of benzene rings is 1. The summed E-state index contributed by atoms with van der Waals surface area (Å²) in [6, 6.07) is 8.20. The van der Waals surface area contributed by atoms with E-state index in [4.69, 9.17) is 4.74 Å². The fourth-order valence-electron chi connectivity index (χ4n) is 2.55. The van der Waals surface area contributed by atoms with Crippen molar-refractivity contribution in [2.24, 2.45) is 17.8 Å². The van der Waals surface area contributed by atoms with Crippen molar-refractivity contribution in [1.29, 1.82) is 0 Å². The fourth-order valence-corrected chi connectivity index (χ4v) is 2.55. The molecular weight excluding hydrogens is 246 g/mol. The van der Waals surface area contributed by atoms with Crippen LogP contribution in [0.1, 0.15) is 33.3 Å². The molecule has 0 aliphatic heterocycles. The predicted molar refractivity (Wildman–Crippen MR) is 87.0 cm³/mol. The first kappa shape index (κ1) is 16.8. The Balaban J connectivity index is 2.54. The summed E-state index contributed by atoms with van der Waals surface area (Å²) >= 11 is 0. The van der Waals surface area contributed by atoms with E-state index >= 15 is 0 Å². The maximum atomic E-state index is 5.68. The highest BCUT2D eigenvalue weighted by atomic mass is 16.5. The third kappa shape index (κ3) is 5.38. The molecule has 0 spiro atoms. The highest BCUT2D eigenvalue weighted by molar-refractivity contribution is 5.33. The second-order valence-electron chi connectivity index (χ2n) is 5.99. The Morgan fingerprint density at radius 2 is 1.80 bits per heavy atom. The fraction of sp³-hybridized carbons (Fsp3) is 0.556. The van der Waals surface area contributed by atoms with Gasteiger partial charge in [0, 0.05) is 12.1 Å². The van der Waals surface area contributed by atoms with Crippen molar-refractivity contribution < 1.29 is 4.74 Å². The lowest BCUT2D eigenvalue weighted by Gasteiger charge is -2.25. The van der Waals surface area contributed by atoms with Crippen molar-refractivity contribution in [3.63, 3.8) is 0 Å². The highest BCUT2D eigenvalue weighted by Gasteiger charge is 2.16. The zero-order chi connectivity index (χ0) is 15.0. The van der Waals surface area contributed by atoms with Gasteiger partial charge in [-0.2, -0.15) is 0 Å². The maximum absolute atomic E-state index is 5.68. The molecule has 0 bridgehead atoms. The third-order valence-electron chi connectivity index (χ3n) is 3.74. The molecule has 0 unspecified atom stereocenters. The van der Waals surface area contributed by atoms with Crippen molar-refractivity contribution in [3.8, 4) is 5.75 Å². The molecule has 0 atom stereocenters. The Bertz CT molecular complexity index is 390. The minimum atomic E-state index is 0.553. The van der Waals surface area contributed by atoms with Gasteiger partial charge in [-0.25, -0.2) is 0 Å². The number of hydrogen-bond donors (Lipinski definition) is 1. The summed E-state index contributed by atoms with van der Waals surface area (Å²) in [5, 5.41) is 3.58. The van der Waals surface area contributed by atoms with E-state index in [1.807, 2.05) is 12.1 Å². The van der Waals surface area contributed by atoms with Gasteiger partial charge >= 0.3 is 0 Å². The van der Waals surface area contributed by atoms with E-state index in [-0.39, 0.29) is 0 Å². The average Bonchev–Trinajstić information content (AvgIpc) is 2.41. The summed E-state index contributed by atoms with van der Waals surface area (Å²) in [7, 11) is 0. The quantitative estimate of drug-likeness (QED) is 0.680. The van der Waals surface area contributed by atoms with Gasteiger partial charge in [0.15, 0.2) is 0 Å². The zero-order valence-electron chi connectivity index (χ0n) is 13.4. The smallest absolute Gasteiger partial charge is 0.124 e. The summed E-state index contributed by atoms with van der Waals surface area (Å²) in [4.78, 5) is 0. The van der Waals surface area contributed by atoms with E-state index in [0.717, 1.165) is 18.8 Å². The van der Waals surface area contributed by atoms with Crippen LogP contribution in [-0.4, -0.2) is 13.2 Å². The Morgan fingerprint density at radius 3 is 2.40 bits per heavy atom. The van der Waals surface area contributed by atoms with Gasteiger partial charge in [-0.3, -0.25) is 0 Å². The molecule has 1 N–H and O–H groups in total. The van der Waals surface area contributed by atoms with Crippen LogP contribution < -0.4 is 10.1 Å². The second-order valence-corrected chi connectivity index (χ2v) is 5.99. The number of nitrogens with one attached hydrogen (secondary N) is 1. The molecule has 20 heavy (non-hydrogen) atoms. The standard InChI is InChI=1S/C18H29NO/c1-6-11-20-18-10-8-7-9-16(18)12-19-13-17(14(2)3)15(4)5/h6-10,14-15,17,19H,1,11-13H2,2-5H3. The molecular formula is C18H29NO. The Hall–Kier alpha value is -1.28. The first-order chi connectivity index (χ1) is 9.56. The lowest BCUT2D eigenvalue weighted by molar-refractivity contribution is 0.274. The highest BCUT2D eigenvalue weighted by Crippen LogP contribution is 2.21. The molecule has 2 nitrogen and oxygen atoms in total. The van der Waals surface area contributed by atoms with Crippen LogP contribution in [0.2, 0.25) is 0 Å². The van der Waals surface area contributed by atoms with E-state index < -0.39 is 0 Å². The lowest BCUT2D eigenvalue weighted by Crippen LogP contribution is -2.29. The Morgan fingerprint density at radius 1 is 1.15 bits per heavy atom. The van der Waals surface area contributed by atoms with E-state index in [9.17, 15) is 0 Å².